The summed E-state index contributed by atoms with van der Waals surface area (Å²) in [6.45, 7) is 3.49. The monoisotopic (exact) mass is 358 g/mol. The fraction of sp³-hybridized carbons (Fsp3) is 0.562. The maximum atomic E-state index is 12.5. The fourth-order valence-electron chi connectivity index (χ4n) is 2.67. The number of halogens is 1. The van der Waals surface area contributed by atoms with Gasteiger partial charge in [0.25, 0.3) is 0 Å². The molecule has 0 unspecified atom stereocenters. The van der Waals surface area contributed by atoms with Crippen LogP contribution in [0.2, 0.25) is 5.02 Å². The number of carbonyl (C=O) groups excluding carboxylic acids is 1. The molecule has 1 aromatic rings. The number of nitrogens with one attached hydrogen (secondary N) is 1. The highest BCUT2D eigenvalue weighted by Gasteiger charge is 2.30. The summed E-state index contributed by atoms with van der Waals surface area (Å²) >= 11 is 5.82. The number of sulfonamides is 1. The average molecular weight is 359 g/mol. The van der Waals surface area contributed by atoms with Crippen molar-refractivity contribution >= 4 is 27.5 Å². The molecule has 0 aliphatic carbocycles. The van der Waals surface area contributed by atoms with Crippen LogP contribution in [-0.2, 0) is 20.6 Å². The third kappa shape index (κ3) is 5.19. The van der Waals surface area contributed by atoms with Crippen LogP contribution < -0.4 is 5.32 Å². The summed E-state index contributed by atoms with van der Waals surface area (Å²) in [5.41, 5.74) is 0.720. The molecule has 1 N–H and O–H groups in total. The zero-order valence-corrected chi connectivity index (χ0v) is 14.9. The molecule has 1 amide bonds. The minimum absolute atomic E-state index is 0.0309. The van der Waals surface area contributed by atoms with E-state index < -0.39 is 10.0 Å². The lowest BCUT2D eigenvalue weighted by Gasteiger charge is -2.30. The van der Waals surface area contributed by atoms with Crippen molar-refractivity contribution in [2.45, 2.75) is 31.9 Å². The van der Waals surface area contributed by atoms with Gasteiger partial charge < -0.3 is 5.32 Å². The molecule has 0 radical (unpaired) electrons. The van der Waals surface area contributed by atoms with Crippen LogP contribution >= 0.6 is 11.6 Å². The third-order valence-corrected chi connectivity index (χ3v) is 6.13. The average Bonchev–Trinajstić information content (AvgIpc) is 2.54. The lowest BCUT2D eigenvalue weighted by atomic mass is 9.97. The van der Waals surface area contributed by atoms with Crippen molar-refractivity contribution in [3.8, 4) is 0 Å². The summed E-state index contributed by atoms with van der Waals surface area (Å²) in [4.78, 5) is 11.9. The Morgan fingerprint density at radius 3 is 2.43 bits per heavy atom. The second-order valence-electron chi connectivity index (χ2n) is 5.85. The molecule has 1 saturated heterocycles. The van der Waals surface area contributed by atoms with Crippen LogP contribution in [0.25, 0.3) is 0 Å². The molecular formula is C16H23ClN2O3S. The van der Waals surface area contributed by atoms with Gasteiger partial charge >= 0.3 is 0 Å². The van der Waals surface area contributed by atoms with Crippen LogP contribution in [0.3, 0.4) is 0 Å². The van der Waals surface area contributed by atoms with Gasteiger partial charge in [-0.25, -0.2) is 12.7 Å². The van der Waals surface area contributed by atoms with Crippen LogP contribution in [0, 0.1) is 5.92 Å². The SMILES string of the molecule is CCCNC(=O)C1CCN(S(=O)(=O)Cc2ccc(Cl)cc2)CC1. The highest BCUT2D eigenvalue weighted by atomic mass is 35.5. The molecule has 1 fully saturated rings. The van der Waals surface area contributed by atoms with E-state index in [1.54, 1.807) is 24.3 Å². The third-order valence-electron chi connectivity index (χ3n) is 4.03. The normalized spacial score (nSPS) is 17.1. The molecule has 5 nitrogen and oxygen atoms in total. The molecule has 2 rings (SSSR count). The summed E-state index contributed by atoms with van der Waals surface area (Å²) in [6, 6.07) is 6.84. The van der Waals surface area contributed by atoms with E-state index in [0.717, 1.165) is 12.0 Å². The van der Waals surface area contributed by atoms with Crippen LogP contribution in [-0.4, -0.2) is 38.3 Å². The Morgan fingerprint density at radius 2 is 1.87 bits per heavy atom. The Morgan fingerprint density at radius 1 is 1.26 bits per heavy atom. The predicted molar refractivity (Wildman–Crippen MR) is 91.7 cm³/mol. The summed E-state index contributed by atoms with van der Waals surface area (Å²) in [6.07, 6.45) is 2.06. The van der Waals surface area contributed by atoms with E-state index in [9.17, 15) is 13.2 Å². The molecule has 1 aromatic carbocycles. The van der Waals surface area contributed by atoms with Crippen molar-refractivity contribution in [2.24, 2.45) is 5.92 Å². The summed E-state index contributed by atoms with van der Waals surface area (Å²) < 4.78 is 26.5. The molecule has 0 atom stereocenters. The van der Waals surface area contributed by atoms with Crippen LogP contribution in [0.15, 0.2) is 24.3 Å². The quantitative estimate of drug-likeness (QED) is 0.849. The number of hydrogen-bond acceptors (Lipinski definition) is 3. The lowest BCUT2D eigenvalue weighted by Crippen LogP contribution is -2.43. The van der Waals surface area contributed by atoms with Gasteiger partial charge in [0, 0.05) is 30.6 Å². The first-order valence-corrected chi connectivity index (χ1v) is 9.91. The molecule has 1 aliphatic heterocycles. The van der Waals surface area contributed by atoms with Crippen LogP contribution in [0.4, 0.5) is 0 Å². The molecule has 128 valence electrons. The first-order chi connectivity index (χ1) is 10.9. The van der Waals surface area contributed by atoms with Crippen molar-refractivity contribution in [3.05, 3.63) is 34.9 Å². The van der Waals surface area contributed by atoms with Crippen molar-refractivity contribution < 1.29 is 13.2 Å². The van der Waals surface area contributed by atoms with Crippen molar-refractivity contribution in [3.63, 3.8) is 0 Å². The van der Waals surface area contributed by atoms with Gasteiger partial charge in [-0.15, -0.1) is 0 Å². The first-order valence-electron chi connectivity index (χ1n) is 7.92. The number of carbonyl (C=O) groups is 1. The number of rotatable bonds is 6. The Balaban J connectivity index is 1.90. The zero-order valence-electron chi connectivity index (χ0n) is 13.3. The van der Waals surface area contributed by atoms with Gasteiger partial charge in [0.1, 0.15) is 0 Å². The molecule has 7 heteroatoms. The minimum Gasteiger partial charge on any atom is -0.356 e. The highest BCUT2D eigenvalue weighted by molar-refractivity contribution is 7.88. The highest BCUT2D eigenvalue weighted by Crippen LogP contribution is 2.22. The van der Waals surface area contributed by atoms with Gasteiger partial charge in [-0.1, -0.05) is 30.7 Å². The second kappa shape index (κ2) is 8.13. The van der Waals surface area contributed by atoms with Crippen LogP contribution in [0.5, 0.6) is 0 Å². The van der Waals surface area contributed by atoms with E-state index in [2.05, 4.69) is 5.32 Å². The molecule has 1 aliphatic rings. The standard InChI is InChI=1S/C16H23ClN2O3S/c1-2-9-18-16(20)14-7-10-19(11-8-14)23(21,22)12-13-3-5-15(17)6-4-13/h3-6,14H,2,7-12H2,1H3,(H,18,20). The maximum Gasteiger partial charge on any atom is 0.223 e. The Kier molecular flexibility index (Phi) is 6.44. The van der Waals surface area contributed by atoms with E-state index in [-0.39, 0.29) is 17.6 Å². The second-order valence-corrected chi connectivity index (χ2v) is 8.25. The van der Waals surface area contributed by atoms with E-state index in [1.165, 1.54) is 4.31 Å². The summed E-state index contributed by atoms with van der Waals surface area (Å²) in [7, 11) is -3.36. The summed E-state index contributed by atoms with van der Waals surface area (Å²) in [5, 5.41) is 3.47. The molecule has 0 bridgehead atoms. The Labute approximate surface area is 143 Å². The Bertz CT molecular complexity index is 623. The van der Waals surface area contributed by atoms with Crippen LogP contribution in [0.1, 0.15) is 31.7 Å². The van der Waals surface area contributed by atoms with Gasteiger partial charge in [-0.05, 0) is 37.0 Å². The number of piperidine rings is 1. The van der Waals surface area contributed by atoms with Gasteiger partial charge in [-0.3, -0.25) is 4.79 Å². The summed E-state index contributed by atoms with van der Waals surface area (Å²) in [5.74, 6) is -0.0678. The molecule has 23 heavy (non-hydrogen) atoms. The van der Waals surface area contributed by atoms with E-state index in [1.807, 2.05) is 6.92 Å². The predicted octanol–water partition coefficient (Wildman–Crippen LogP) is 2.41. The first kappa shape index (κ1) is 18.2. The number of nitrogens with zero attached hydrogens (tertiary/aromatic N) is 1. The topological polar surface area (TPSA) is 66.5 Å². The maximum absolute atomic E-state index is 12.5. The van der Waals surface area contributed by atoms with E-state index in [4.69, 9.17) is 11.6 Å². The number of benzene rings is 1. The Hall–Kier alpha value is -1.11. The van der Waals surface area contributed by atoms with E-state index >= 15 is 0 Å². The molecular weight excluding hydrogens is 336 g/mol. The van der Waals surface area contributed by atoms with E-state index in [0.29, 0.717) is 37.5 Å². The van der Waals surface area contributed by atoms with Crippen molar-refractivity contribution in [2.75, 3.05) is 19.6 Å². The fourth-order valence-corrected chi connectivity index (χ4v) is 4.36. The van der Waals surface area contributed by atoms with Crippen molar-refractivity contribution in [1.82, 2.24) is 9.62 Å². The number of hydrogen-bond donors (Lipinski definition) is 1. The van der Waals surface area contributed by atoms with Gasteiger partial charge in [0.05, 0.1) is 5.75 Å². The smallest absolute Gasteiger partial charge is 0.223 e. The lowest BCUT2D eigenvalue weighted by molar-refractivity contribution is -0.126. The van der Waals surface area contributed by atoms with Gasteiger partial charge in [0.15, 0.2) is 0 Å². The minimum atomic E-state index is -3.36. The molecule has 0 spiro atoms. The largest absolute Gasteiger partial charge is 0.356 e. The zero-order chi connectivity index (χ0) is 16.9. The molecule has 0 aromatic heterocycles. The number of amides is 1. The van der Waals surface area contributed by atoms with Gasteiger partial charge in [0.2, 0.25) is 15.9 Å². The molecule has 0 saturated carbocycles. The van der Waals surface area contributed by atoms with Crippen molar-refractivity contribution in [1.29, 1.82) is 0 Å². The molecule has 1 heterocycles. The van der Waals surface area contributed by atoms with Gasteiger partial charge in [-0.2, -0.15) is 0 Å².